The molecule has 140 valence electrons. The number of carbonyl (C=O) groups is 2. The van der Waals surface area contributed by atoms with Crippen LogP contribution < -0.4 is 0 Å². The van der Waals surface area contributed by atoms with Gasteiger partial charge in [-0.05, 0) is 35.1 Å². The molecule has 3 aromatic rings. The normalized spacial score (nSPS) is 14.0. The fourth-order valence-electron chi connectivity index (χ4n) is 4.52. The van der Waals surface area contributed by atoms with E-state index in [2.05, 4.69) is 38.1 Å². The van der Waals surface area contributed by atoms with Crippen LogP contribution in [0.15, 0.2) is 72.8 Å². The highest BCUT2D eigenvalue weighted by Gasteiger charge is 2.45. The van der Waals surface area contributed by atoms with Crippen molar-refractivity contribution in [2.45, 2.75) is 32.6 Å². The van der Waals surface area contributed by atoms with Crippen LogP contribution in [0, 0.1) is 5.92 Å². The summed E-state index contributed by atoms with van der Waals surface area (Å²) in [4.78, 5) is 26.7. The van der Waals surface area contributed by atoms with Crippen molar-refractivity contribution in [1.29, 1.82) is 0 Å². The number of carbonyl (C=O) groups excluding carboxylic acids is 2. The summed E-state index contributed by atoms with van der Waals surface area (Å²) >= 11 is 0. The zero-order chi connectivity index (χ0) is 19.7. The first-order valence-corrected chi connectivity index (χ1v) is 10.00. The van der Waals surface area contributed by atoms with Crippen molar-refractivity contribution >= 4 is 11.6 Å². The van der Waals surface area contributed by atoms with E-state index in [0.29, 0.717) is 11.1 Å². The lowest BCUT2D eigenvalue weighted by molar-refractivity contribution is 0.0824. The Hall–Kier alpha value is -3.00. The third-order valence-corrected chi connectivity index (χ3v) is 5.90. The standard InChI is InChI=1S/C26H24O2/c1-3-17-11-5-7-13-19(17)23(20-14-8-6-12-18(20)4-2)24-25(27)21-15-9-10-16-22(21)26(24)28/h5-16,23-24H,3-4H2,1-2H3. The molecule has 0 unspecified atom stereocenters. The molecule has 0 heterocycles. The lowest BCUT2D eigenvalue weighted by Crippen LogP contribution is -2.26. The van der Waals surface area contributed by atoms with Crippen LogP contribution in [0.1, 0.15) is 62.7 Å². The second kappa shape index (κ2) is 7.55. The van der Waals surface area contributed by atoms with Gasteiger partial charge in [0.2, 0.25) is 0 Å². The molecular weight excluding hydrogens is 344 g/mol. The molecule has 0 fully saturated rings. The third-order valence-electron chi connectivity index (χ3n) is 5.90. The summed E-state index contributed by atoms with van der Waals surface area (Å²) in [5, 5.41) is 0. The Balaban J connectivity index is 1.95. The molecule has 3 aromatic carbocycles. The fourth-order valence-corrected chi connectivity index (χ4v) is 4.52. The summed E-state index contributed by atoms with van der Waals surface area (Å²) in [7, 11) is 0. The Bertz CT molecular complexity index is 965. The van der Waals surface area contributed by atoms with Crippen molar-refractivity contribution in [1.82, 2.24) is 0 Å². The van der Waals surface area contributed by atoms with Crippen LogP contribution in [0.25, 0.3) is 0 Å². The molecule has 0 spiro atoms. The molecule has 1 aliphatic carbocycles. The molecule has 0 bridgehead atoms. The largest absolute Gasteiger partial charge is 0.293 e. The molecule has 0 atom stereocenters. The predicted octanol–water partition coefficient (Wildman–Crippen LogP) is 5.64. The van der Waals surface area contributed by atoms with Crippen LogP contribution in [0.4, 0.5) is 0 Å². The molecule has 0 amide bonds. The topological polar surface area (TPSA) is 34.1 Å². The first kappa shape index (κ1) is 18.4. The number of ketones is 2. The van der Waals surface area contributed by atoms with Crippen LogP contribution in [0.2, 0.25) is 0 Å². The lowest BCUT2D eigenvalue weighted by Gasteiger charge is -2.27. The molecule has 2 nitrogen and oxygen atoms in total. The van der Waals surface area contributed by atoms with Gasteiger partial charge in [0.15, 0.2) is 11.6 Å². The Kier molecular flexibility index (Phi) is 4.95. The summed E-state index contributed by atoms with van der Waals surface area (Å²) in [6, 6.07) is 23.7. The molecule has 28 heavy (non-hydrogen) atoms. The first-order chi connectivity index (χ1) is 13.7. The Labute approximate surface area is 166 Å². The fraction of sp³-hybridized carbons (Fsp3) is 0.231. The van der Waals surface area contributed by atoms with E-state index in [4.69, 9.17) is 0 Å². The van der Waals surface area contributed by atoms with Gasteiger partial charge in [0, 0.05) is 17.0 Å². The molecule has 0 saturated carbocycles. The summed E-state index contributed by atoms with van der Waals surface area (Å²) in [5.41, 5.74) is 5.68. The van der Waals surface area contributed by atoms with Crippen molar-refractivity contribution in [3.63, 3.8) is 0 Å². The zero-order valence-electron chi connectivity index (χ0n) is 16.3. The van der Waals surface area contributed by atoms with Gasteiger partial charge in [-0.15, -0.1) is 0 Å². The second-order valence-electron chi connectivity index (χ2n) is 7.33. The van der Waals surface area contributed by atoms with Gasteiger partial charge in [0.25, 0.3) is 0 Å². The van der Waals surface area contributed by atoms with E-state index >= 15 is 0 Å². The quantitative estimate of drug-likeness (QED) is 0.546. The van der Waals surface area contributed by atoms with Crippen LogP contribution in [-0.4, -0.2) is 11.6 Å². The molecule has 1 aliphatic rings. The molecule has 2 heteroatoms. The van der Waals surface area contributed by atoms with Gasteiger partial charge >= 0.3 is 0 Å². The minimum atomic E-state index is -0.696. The monoisotopic (exact) mass is 368 g/mol. The summed E-state index contributed by atoms with van der Waals surface area (Å²) in [5.74, 6) is -1.07. The smallest absolute Gasteiger partial charge is 0.175 e. The maximum absolute atomic E-state index is 13.4. The maximum atomic E-state index is 13.4. The van der Waals surface area contributed by atoms with Crippen molar-refractivity contribution in [3.8, 4) is 0 Å². The minimum Gasteiger partial charge on any atom is -0.293 e. The highest BCUT2D eigenvalue weighted by molar-refractivity contribution is 6.27. The molecule has 4 rings (SSSR count). The average Bonchev–Trinajstić information content (AvgIpc) is 3.00. The second-order valence-corrected chi connectivity index (χ2v) is 7.33. The van der Waals surface area contributed by atoms with Crippen LogP contribution in [-0.2, 0) is 12.8 Å². The SMILES string of the molecule is CCc1ccccc1C(c1ccccc1CC)C1C(=O)c2ccccc2C1=O. The van der Waals surface area contributed by atoms with Gasteiger partial charge in [0.05, 0.1) is 5.92 Å². The Morgan fingerprint density at radius 3 is 1.46 bits per heavy atom. The lowest BCUT2D eigenvalue weighted by atomic mass is 9.74. The Morgan fingerprint density at radius 1 is 0.643 bits per heavy atom. The summed E-state index contributed by atoms with van der Waals surface area (Å²) in [6.07, 6.45) is 1.73. The number of rotatable bonds is 5. The van der Waals surface area contributed by atoms with Crippen LogP contribution in [0.5, 0.6) is 0 Å². The molecule has 0 saturated heterocycles. The minimum absolute atomic E-state index is 0.0533. The van der Waals surface area contributed by atoms with Gasteiger partial charge in [-0.3, -0.25) is 9.59 Å². The first-order valence-electron chi connectivity index (χ1n) is 10.00. The molecule has 0 aliphatic heterocycles. The van der Waals surface area contributed by atoms with Gasteiger partial charge in [-0.1, -0.05) is 86.6 Å². The average molecular weight is 368 g/mol. The Morgan fingerprint density at radius 2 is 1.04 bits per heavy atom. The number of hydrogen-bond donors (Lipinski definition) is 0. The van der Waals surface area contributed by atoms with E-state index in [1.165, 1.54) is 11.1 Å². The molecular formula is C26H24O2. The highest BCUT2D eigenvalue weighted by atomic mass is 16.2. The van der Waals surface area contributed by atoms with Gasteiger partial charge < -0.3 is 0 Å². The number of benzene rings is 3. The summed E-state index contributed by atoms with van der Waals surface area (Å²) < 4.78 is 0. The van der Waals surface area contributed by atoms with Crippen molar-refractivity contribution in [2.75, 3.05) is 0 Å². The van der Waals surface area contributed by atoms with Crippen molar-refractivity contribution in [2.24, 2.45) is 5.92 Å². The van der Waals surface area contributed by atoms with Crippen molar-refractivity contribution in [3.05, 3.63) is 106 Å². The maximum Gasteiger partial charge on any atom is 0.175 e. The number of hydrogen-bond acceptors (Lipinski definition) is 2. The zero-order valence-corrected chi connectivity index (χ0v) is 16.3. The third kappa shape index (κ3) is 2.90. The van der Waals surface area contributed by atoms with E-state index in [0.717, 1.165) is 24.0 Å². The van der Waals surface area contributed by atoms with Crippen LogP contribution in [0.3, 0.4) is 0 Å². The van der Waals surface area contributed by atoms with Gasteiger partial charge in [0.1, 0.15) is 0 Å². The van der Waals surface area contributed by atoms with E-state index in [9.17, 15) is 9.59 Å². The van der Waals surface area contributed by atoms with E-state index in [1.807, 2.05) is 36.4 Å². The van der Waals surface area contributed by atoms with E-state index in [-0.39, 0.29) is 17.5 Å². The molecule has 0 radical (unpaired) electrons. The number of Topliss-reactive ketones (excluding diaryl/α,β-unsaturated/α-hetero) is 2. The van der Waals surface area contributed by atoms with Crippen molar-refractivity contribution < 1.29 is 9.59 Å². The number of fused-ring (bicyclic) bond motifs is 1. The highest BCUT2D eigenvalue weighted by Crippen LogP contribution is 2.43. The van der Waals surface area contributed by atoms with E-state index < -0.39 is 5.92 Å². The van der Waals surface area contributed by atoms with E-state index in [1.54, 1.807) is 12.1 Å². The predicted molar refractivity (Wildman–Crippen MR) is 112 cm³/mol. The number of aryl methyl sites for hydroxylation is 2. The molecule has 0 aromatic heterocycles. The van der Waals surface area contributed by atoms with Crippen LogP contribution >= 0.6 is 0 Å². The summed E-state index contributed by atoms with van der Waals surface area (Å²) in [6.45, 7) is 4.24. The molecule has 0 N–H and O–H groups in total. The van der Waals surface area contributed by atoms with Gasteiger partial charge in [-0.2, -0.15) is 0 Å². The van der Waals surface area contributed by atoms with Gasteiger partial charge in [-0.25, -0.2) is 0 Å².